The number of amides is 2. The van der Waals surface area contributed by atoms with E-state index in [-0.39, 0.29) is 24.9 Å². The van der Waals surface area contributed by atoms with Crippen molar-refractivity contribution in [3.8, 4) is 0 Å². The highest BCUT2D eigenvalue weighted by molar-refractivity contribution is 7.86. The van der Waals surface area contributed by atoms with E-state index in [1.54, 1.807) is 12.1 Å². The summed E-state index contributed by atoms with van der Waals surface area (Å²) in [7, 11) is -3.72. The molecule has 4 N–H and O–H groups in total. The summed E-state index contributed by atoms with van der Waals surface area (Å²) in [5.41, 5.74) is 6.29. The highest BCUT2D eigenvalue weighted by Crippen LogP contribution is 2.18. The number of nitrogens with one attached hydrogen (secondary N) is 2. The molecule has 0 aliphatic carbocycles. The third kappa shape index (κ3) is 5.65. The molecule has 1 fully saturated rings. The molecule has 150 valence electrons. The van der Waals surface area contributed by atoms with E-state index >= 15 is 0 Å². The van der Waals surface area contributed by atoms with E-state index < -0.39 is 16.1 Å². The van der Waals surface area contributed by atoms with Crippen molar-refractivity contribution in [3.05, 3.63) is 29.8 Å². The fourth-order valence-corrected chi connectivity index (χ4v) is 3.80. The molecular weight excluding hydrogens is 370 g/mol. The molecule has 1 aromatic rings. The molecule has 1 saturated heterocycles. The van der Waals surface area contributed by atoms with Crippen molar-refractivity contribution >= 4 is 27.7 Å². The molecule has 0 saturated carbocycles. The Kier molecular flexibility index (Phi) is 7.17. The molecule has 0 radical (unpaired) electrons. The molecule has 2 rings (SSSR count). The lowest BCUT2D eigenvalue weighted by molar-refractivity contribution is -0.126. The number of carbonyl (C=O) groups is 2. The van der Waals surface area contributed by atoms with Gasteiger partial charge in [0.05, 0.1) is 0 Å². The second-order valence-corrected chi connectivity index (χ2v) is 7.93. The lowest BCUT2D eigenvalue weighted by Gasteiger charge is -2.28. The Morgan fingerprint density at radius 1 is 1.11 bits per heavy atom. The Labute approximate surface area is 160 Å². The van der Waals surface area contributed by atoms with E-state index in [1.165, 1.54) is 0 Å². The van der Waals surface area contributed by atoms with Crippen molar-refractivity contribution in [2.45, 2.75) is 26.7 Å². The lowest BCUT2D eigenvalue weighted by atomic mass is 9.98. The minimum atomic E-state index is -3.72. The quantitative estimate of drug-likeness (QED) is 0.592. The van der Waals surface area contributed by atoms with Crippen molar-refractivity contribution in [3.63, 3.8) is 0 Å². The molecule has 0 aromatic heterocycles. The van der Waals surface area contributed by atoms with Crippen molar-refractivity contribution in [1.29, 1.82) is 0 Å². The fraction of sp³-hybridized carbons (Fsp3) is 0.529. The van der Waals surface area contributed by atoms with Crippen LogP contribution < -0.4 is 20.9 Å². The van der Waals surface area contributed by atoms with Gasteiger partial charge in [0, 0.05) is 43.3 Å². The first-order valence-corrected chi connectivity index (χ1v) is 10.5. The summed E-state index contributed by atoms with van der Waals surface area (Å²) < 4.78 is 23.7. The second-order valence-electron chi connectivity index (χ2n) is 6.38. The Morgan fingerprint density at radius 2 is 1.67 bits per heavy atom. The van der Waals surface area contributed by atoms with Crippen LogP contribution in [-0.4, -0.2) is 50.7 Å². The predicted octanol–water partition coefficient (Wildman–Crippen LogP) is 0.209. The van der Waals surface area contributed by atoms with Crippen molar-refractivity contribution in [2.24, 2.45) is 11.1 Å². The van der Waals surface area contributed by atoms with Crippen LogP contribution in [0.25, 0.3) is 0 Å². The molecule has 1 aromatic carbocycles. The molecule has 2 amide bonds. The molecule has 0 atom stereocenters. The van der Waals surface area contributed by atoms with Crippen LogP contribution in [0.3, 0.4) is 0 Å². The zero-order chi connectivity index (χ0) is 20.0. The average molecular weight is 398 g/mol. The summed E-state index contributed by atoms with van der Waals surface area (Å²) >= 11 is 0. The normalized spacial score (nSPS) is 16.0. The number of benzene rings is 1. The first-order chi connectivity index (χ1) is 12.8. The number of carbonyl (C=O) groups excluding carboxylic acids is 2. The monoisotopic (exact) mass is 397 g/mol. The van der Waals surface area contributed by atoms with Gasteiger partial charge in [-0.2, -0.15) is 12.7 Å². The van der Waals surface area contributed by atoms with Gasteiger partial charge in [-0.1, -0.05) is 0 Å². The van der Waals surface area contributed by atoms with Gasteiger partial charge < -0.3 is 4.90 Å². The summed E-state index contributed by atoms with van der Waals surface area (Å²) in [5, 5.41) is 5.08. The van der Waals surface area contributed by atoms with Gasteiger partial charge >= 0.3 is 0 Å². The topological polar surface area (TPSA) is 125 Å². The molecule has 1 heterocycles. The maximum Gasteiger partial charge on any atom is 0.276 e. The Bertz CT molecular complexity index is 754. The maximum absolute atomic E-state index is 12.2. The summed E-state index contributed by atoms with van der Waals surface area (Å²) in [4.78, 5) is 26.5. The molecule has 1 aliphatic rings. The van der Waals surface area contributed by atoms with Crippen LogP contribution >= 0.6 is 0 Å². The fourth-order valence-electron chi connectivity index (χ4n) is 3.08. The van der Waals surface area contributed by atoms with Crippen molar-refractivity contribution in [1.82, 2.24) is 15.2 Å². The van der Waals surface area contributed by atoms with Crippen LogP contribution in [0.5, 0.6) is 0 Å². The first-order valence-electron chi connectivity index (χ1n) is 8.99. The number of hydrogen-bond acceptors (Lipinski definition) is 5. The maximum atomic E-state index is 12.2. The number of anilines is 1. The first kappa shape index (κ1) is 21.1. The predicted molar refractivity (Wildman–Crippen MR) is 103 cm³/mol. The third-order valence-corrected chi connectivity index (χ3v) is 5.83. The van der Waals surface area contributed by atoms with Gasteiger partial charge in [0.2, 0.25) is 5.91 Å². The average Bonchev–Trinajstić information content (AvgIpc) is 2.66. The number of hydrazine groups is 1. The van der Waals surface area contributed by atoms with Crippen LogP contribution in [0, 0.1) is 5.92 Å². The van der Waals surface area contributed by atoms with E-state index in [4.69, 9.17) is 5.14 Å². The summed E-state index contributed by atoms with van der Waals surface area (Å²) in [6, 6.07) is 7.15. The largest absolute Gasteiger partial charge is 0.372 e. The van der Waals surface area contributed by atoms with E-state index in [1.807, 2.05) is 12.1 Å². The highest BCUT2D eigenvalue weighted by atomic mass is 32.2. The molecule has 0 unspecified atom stereocenters. The van der Waals surface area contributed by atoms with E-state index in [0.717, 1.165) is 23.1 Å². The summed E-state index contributed by atoms with van der Waals surface area (Å²) in [6.45, 7) is 6.26. The SMILES string of the molecule is CCN(CC)c1ccc(C(=O)NNC(=O)C2CCN(S(N)(=O)=O)CC2)cc1. The van der Waals surface area contributed by atoms with Crippen LogP contribution in [0.1, 0.15) is 37.0 Å². The zero-order valence-corrected chi connectivity index (χ0v) is 16.5. The summed E-state index contributed by atoms with van der Waals surface area (Å²) in [5.74, 6) is -1.11. The van der Waals surface area contributed by atoms with E-state index in [2.05, 4.69) is 29.6 Å². The second kappa shape index (κ2) is 9.16. The molecule has 0 spiro atoms. The minimum Gasteiger partial charge on any atom is -0.372 e. The van der Waals surface area contributed by atoms with Gasteiger partial charge in [-0.3, -0.25) is 20.4 Å². The van der Waals surface area contributed by atoms with E-state index in [9.17, 15) is 18.0 Å². The number of hydrogen-bond donors (Lipinski definition) is 3. The van der Waals surface area contributed by atoms with Crippen molar-refractivity contribution < 1.29 is 18.0 Å². The number of rotatable bonds is 6. The summed E-state index contributed by atoms with van der Waals surface area (Å²) in [6.07, 6.45) is 0.716. The van der Waals surface area contributed by atoms with Crippen LogP contribution in [0.2, 0.25) is 0 Å². The number of piperidine rings is 1. The lowest BCUT2D eigenvalue weighted by Crippen LogP contribution is -2.49. The van der Waals surface area contributed by atoms with Crippen LogP contribution in [0.4, 0.5) is 5.69 Å². The minimum absolute atomic E-state index is 0.192. The van der Waals surface area contributed by atoms with Crippen molar-refractivity contribution in [2.75, 3.05) is 31.1 Å². The molecule has 9 nitrogen and oxygen atoms in total. The van der Waals surface area contributed by atoms with E-state index in [0.29, 0.717) is 18.4 Å². The number of nitrogens with zero attached hydrogens (tertiary/aromatic N) is 2. The standard InChI is InChI=1S/C17H27N5O4S/c1-3-21(4-2)15-7-5-13(6-8-15)16(23)19-20-17(24)14-9-11-22(12-10-14)27(18,25)26/h5-8,14H,3-4,9-12H2,1-2H3,(H,19,23)(H,20,24)(H2,18,25,26). The van der Waals surface area contributed by atoms with Gasteiger partial charge in [-0.15, -0.1) is 0 Å². The van der Waals surface area contributed by atoms with Crippen LogP contribution in [-0.2, 0) is 15.0 Å². The molecule has 27 heavy (non-hydrogen) atoms. The highest BCUT2D eigenvalue weighted by Gasteiger charge is 2.29. The molecule has 10 heteroatoms. The third-order valence-electron chi connectivity index (χ3n) is 4.74. The van der Waals surface area contributed by atoms with Gasteiger partial charge in [-0.25, -0.2) is 5.14 Å². The molecule has 0 bridgehead atoms. The zero-order valence-electron chi connectivity index (χ0n) is 15.6. The van der Waals surface area contributed by atoms with Crippen LogP contribution in [0.15, 0.2) is 24.3 Å². The Morgan fingerprint density at radius 3 is 2.15 bits per heavy atom. The van der Waals surface area contributed by atoms with Gasteiger partial charge in [0.1, 0.15) is 0 Å². The Hall–Kier alpha value is -2.17. The van der Waals surface area contributed by atoms with Gasteiger partial charge in [0.25, 0.3) is 16.1 Å². The molecule has 1 aliphatic heterocycles. The van der Waals surface area contributed by atoms with Gasteiger partial charge in [0.15, 0.2) is 0 Å². The Balaban J connectivity index is 1.84. The number of nitrogens with two attached hydrogens (primary N) is 1. The molecular formula is C17H27N5O4S. The smallest absolute Gasteiger partial charge is 0.276 e. The van der Waals surface area contributed by atoms with Gasteiger partial charge in [-0.05, 0) is 51.0 Å².